The molecule has 0 bridgehead atoms. The van der Waals surface area contributed by atoms with Gasteiger partial charge in [0.2, 0.25) is 0 Å². The van der Waals surface area contributed by atoms with Crippen LogP contribution < -0.4 is 10.6 Å². The van der Waals surface area contributed by atoms with E-state index in [0.717, 1.165) is 51.2 Å². The second kappa shape index (κ2) is 12.2. The third-order valence-corrected chi connectivity index (χ3v) is 3.32. The van der Waals surface area contributed by atoms with Crippen LogP contribution >= 0.6 is 0 Å². The molecule has 0 aliphatic heterocycles. The fourth-order valence-corrected chi connectivity index (χ4v) is 1.97. The molecule has 0 heterocycles. The molecular formula is C18H37N3O2. The molecular weight excluding hydrogens is 290 g/mol. The summed E-state index contributed by atoms with van der Waals surface area (Å²) in [7, 11) is 0. The molecule has 0 fully saturated rings. The second-order valence-corrected chi connectivity index (χ2v) is 6.96. The number of carbonyl (C=O) groups excluding carboxylic acids is 1. The lowest BCUT2D eigenvalue weighted by molar-refractivity contribution is -0.154. The lowest BCUT2D eigenvalue weighted by Crippen LogP contribution is -2.42. The fourth-order valence-electron chi connectivity index (χ4n) is 1.97. The number of nitrogens with one attached hydrogen (secondary N) is 2. The first-order valence-corrected chi connectivity index (χ1v) is 9.05. The predicted octanol–water partition coefficient (Wildman–Crippen LogP) is 3.63. The third-order valence-electron chi connectivity index (χ3n) is 3.32. The van der Waals surface area contributed by atoms with Crippen molar-refractivity contribution in [3.63, 3.8) is 0 Å². The number of rotatable bonds is 10. The average Bonchev–Trinajstić information content (AvgIpc) is 2.44. The minimum atomic E-state index is -0.378. The normalized spacial score (nSPS) is 13.6. The Balaban J connectivity index is 3.80. The van der Waals surface area contributed by atoms with Gasteiger partial charge in [-0.25, -0.2) is 0 Å². The van der Waals surface area contributed by atoms with E-state index in [2.05, 4.69) is 36.4 Å². The van der Waals surface area contributed by atoms with Crippen molar-refractivity contribution >= 4 is 11.9 Å². The third kappa shape index (κ3) is 14.1. The lowest BCUT2D eigenvalue weighted by atomic mass is 10.1. The van der Waals surface area contributed by atoms with Crippen LogP contribution in [0, 0.1) is 0 Å². The number of nitrogens with zero attached hydrogens (tertiary/aromatic N) is 1. The largest absolute Gasteiger partial charge is 0.460 e. The number of guanidine groups is 1. The number of ether oxygens (including phenoxy) is 1. The summed E-state index contributed by atoms with van der Waals surface area (Å²) in [5.41, 5.74) is -0.378. The molecule has 0 aromatic rings. The number of hydrogen-bond acceptors (Lipinski definition) is 3. The Morgan fingerprint density at radius 2 is 1.78 bits per heavy atom. The molecule has 0 aromatic carbocycles. The number of hydrogen-bond donors (Lipinski definition) is 2. The van der Waals surface area contributed by atoms with E-state index in [0.29, 0.717) is 12.5 Å². The highest BCUT2D eigenvalue weighted by Gasteiger charge is 2.15. The first-order chi connectivity index (χ1) is 10.8. The van der Waals surface area contributed by atoms with Crippen molar-refractivity contribution in [3.05, 3.63) is 0 Å². The van der Waals surface area contributed by atoms with Crippen LogP contribution in [0.3, 0.4) is 0 Å². The van der Waals surface area contributed by atoms with Crippen LogP contribution in [0.15, 0.2) is 4.99 Å². The maximum Gasteiger partial charge on any atom is 0.306 e. The summed E-state index contributed by atoms with van der Waals surface area (Å²) in [6.07, 6.45) is 5.67. The summed E-state index contributed by atoms with van der Waals surface area (Å²) in [5, 5.41) is 6.65. The SMILES string of the molecule is CCNC(=NCCCCCCC(=O)OC(C)(C)C)NC(C)CC. The molecule has 5 nitrogen and oxygen atoms in total. The van der Waals surface area contributed by atoms with E-state index in [-0.39, 0.29) is 11.6 Å². The Morgan fingerprint density at radius 1 is 1.13 bits per heavy atom. The fraction of sp³-hybridized carbons (Fsp3) is 0.889. The summed E-state index contributed by atoms with van der Waals surface area (Å²) in [6, 6.07) is 0.432. The van der Waals surface area contributed by atoms with Gasteiger partial charge in [0.15, 0.2) is 5.96 Å². The number of esters is 1. The molecule has 1 unspecified atom stereocenters. The second-order valence-electron chi connectivity index (χ2n) is 6.96. The van der Waals surface area contributed by atoms with Crippen LogP contribution in [0.25, 0.3) is 0 Å². The Hall–Kier alpha value is -1.26. The lowest BCUT2D eigenvalue weighted by Gasteiger charge is -2.19. The smallest absolute Gasteiger partial charge is 0.306 e. The van der Waals surface area contributed by atoms with Crippen LogP contribution in [0.1, 0.15) is 80.1 Å². The van der Waals surface area contributed by atoms with Crippen molar-refractivity contribution in [1.29, 1.82) is 0 Å². The average molecular weight is 328 g/mol. The first-order valence-electron chi connectivity index (χ1n) is 9.05. The van der Waals surface area contributed by atoms with Gasteiger partial charge in [0.1, 0.15) is 5.60 Å². The van der Waals surface area contributed by atoms with Gasteiger partial charge in [-0.1, -0.05) is 19.8 Å². The monoisotopic (exact) mass is 327 g/mol. The number of carbonyl (C=O) groups is 1. The van der Waals surface area contributed by atoms with E-state index in [1.165, 1.54) is 0 Å². The highest BCUT2D eigenvalue weighted by Crippen LogP contribution is 2.11. The van der Waals surface area contributed by atoms with E-state index in [4.69, 9.17) is 4.74 Å². The molecule has 136 valence electrons. The van der Waals surface area contributed by atoms with Gasteiger partial charge in [0.25, 0.3) is 0 Å². The summed E-state index contributed by atoms with van der Waals surface area (Å²) in [6.45, 7) is 13.8. The summed E-state index contributed by atoms with van der Waals surface area (Å²) in [4.78, 5) is 16.2. The van der Waals surface area contributed by atoms with Crippen molar-refractivity contribution in [2.24, 2.45) is 4.99 Å². The zero-order chi connectivity index (χ0) is 17.7. The van der Waals surface area contributed by atoms with E-state index in [1.807, 2.05) is 20.8 Å². The van der Waals surface area contributed by atoms with Crippen molar-refractivity contribution in [3.8, 4) is 0 Å². The first kappa shape index (κ1) is 21.7. The van der Waals surface area contributed by atoms with E-state index in [9.17, 15) is 4.79 Å². The van der Waals surface area contributed by atoms with E-state index < -0.39 is 0 Å². The molecule has 0 spiro atoms. The van der Waals surface area contributed by atoms with Crippen molar-refractivity contribution in [1.82, 2.24) is 10.6 Å². The van der Waals surface area contributed by atoms with E-state index in [1.54, 1.807) is 0 Å². The summed E-state index contributed by atoms with van der Waals surface area (Å²) >= 11 is 0. The van der Waals surface area contributed by atoms with Gasteiger partial charge >= 0.3 is 5.97 Å². The van der Waals surface area contributed by atoms with Crippen LogP contribution in [0.2, 0.25) is 0 Å². The van der Waals surface area contributed by atoms with Crippen LogP contribution in [-0.2, 0) is 9.53 Å². The maximum absolute atomic E-state index is 11.6. The molecule has 23 heavy (non-hydrogen) atoms. The van der Waals surface area contributed by atoms with Crippen LogP contribution in [0.5, 0.6) is 0 Å². The molecule has 0 amide bonds. The Morgan fingerprint density at radius 3 is 2.35 bits per heavy atom. The minimum absolute atomic E-state index is 0.0947. The Kier molecular flexibility index (Phi) is 11.5. The minimum Gasteiger partial charge on any atom is -0.460 e. The van der Waals surface area contributed by atoms with Crippen LogP contribution in [-0.4, -0.2) is 36.7 Å². The molecule has 0 aliphatic carbocycles. The molecule has 0 aromatic heterocycles. The zero-order valence-corrected chi connectivity index (χ0v) is 16.0. The highest BCUT2D eigenvalue weighted by molar-refractivity contribution is 5.80. The summed E-state index contributed by atoms with van der Waals surface area (Å²) in [5.74, 6) is 0.804. The predicted molar refractivity (Wildman–Crippen MR) is 97.8 cm³/mol. The molecule has 0 saturated carbocycles. The van der Waals surface area contributed by atoms with Gasteiger partial charge in [-0.15, -0.1) is 0 Å². The number of aliphatic imine (C=N–C) groups is 1. The van der Waals surface area contributed by atoms with Gasteiger partial charge in [-0.05, 0) is 53.9 Å². The molecule has 0 saturated heterocycles. The van der Waals surface area contributed by atoms with Crippen molar-refractivity contribution in [2.45, 2.75) is 91.7 Å². The Bertz CT molecular complexity index is 349. The zero-order valence-electron chi connectivity index (χ0n) is 16.0. The number of unbranched alkanes of at least 4 members (excludes halogenated alkanes) is 3. The van der Waals surface area contributed by atoms with Gasteiger partial charge in [-0.2, -0.15) is 0 Å². The molecule has 5 heteroatoms. The van der Waals surface area contributed by atoms with Gasteiger partial charge in [0.05, 0.1) is 0 Å². The van der Waals surface area contributed by atoms with Gasteiger partial charge < -0.3 is 15.4 Å². The van der Waals surface area contributed by atoms with Crippen molar-refractivity contribution < 1.29 is 9.53 Å². The maximum atomic E-state index is 11.6. The summed E-state index contributed by atoms with van der Waals surface area (Å²) < 4.78 is 5.29. The molecule has 0 radical (unpaired) electrons. The molecule has 0 rings (SSSR count). The van der Waals surface area contributed by atoms with Gasteiger partial charge in [0, 0.05) is 25.6 Å². The Labute approximate surface area is 142 Å². The molecule has 0 aliphatic rings. The highest BCUT2D eigenvalue weighted by atomic mass is 16.6. The van der Waals surface area contributed by atoms with Crippen molar-refractivity contribution in [2.75, 3.05) is 13.1 Å². The van der Waals surface area contributed by atoms with Crippen LogP contribution in [0.4, 0.5) is 0 Å². The standard InChI is InChI=1S/C18H37N3O2/c1-7-15(3)21-17(19-8-2)20-14-12-10-9-11-13-16(22)23-18(4,5)6/h15H,7-14H2,1-6H3,(H2,19,20,21). The van der Waals surface area contributed by atoms with Gasteiger partial charge in [-0.3, -0.25) is 9.79 Å². The molecule has 1 atom stereocenters. The topological polar surface area (TPSA) is 62.7 Å². The quantitative estimate of drug-likeness (QED) is 0.278. The van der Waals surface area contributed by atoms with E-state index >= 15 is 0 Å². The molecule has 2 N–H and O–H groups in total.